The van der Waals surface area contributed by atoms with Crippen molar-refractivity contribution in [1.82, 2.24) is 10.2 Å². The summed E-state index contributed by atoms with van der Waals surface area (Å²) in [5.41, 5.74) is 0. The zero-order chi connectivity index (χ0) is 11.8. The van der Waals surface area contributed by atoms with Crippen LogP contribution in [0.2, 0.25) is 0 Å². The summed E-state index contributed by atoms with van der Waals surface area (Å²) >= 11 is 0. The van der Waals surface area contributed by atoms with Gasteiger partial charge in [-0.15, -0.1) is 24.0 Å². The average molecular weight is 367 g/mol. The van der Waals surface area contributed by atoms with Gasteiger partial charge in [0.05, 0.1) is 18.8 Å². The minimum Gasteiger partial charge on any atom is -0.395 e. The Labute approximate surface area is 125 Å². The van der Waals surface area contributed by atoms with Crippen LogP contribution in [0.3, 0.4) is 0 Å². The molecule has 0 radical (unpaired) electrons. The summed E-state index contributed by atoms with van der Waals surface area (Å²) in [5, 5.41) is 12.0. The van der Waals surface area contributed by atoms with Crippen LogP contribution in [-0.2, 0) is 4.74 Å². The maximum absolute atomic E-state index is 8.85. The molecule has 0 saturated carbocycles. The number of aliphatic hydroxyl groups is 1. The third-order valence-corrected chi connectivity index (χ3v) is 4.36. The Morgan fingerprint density at radius 1 is 1.33 bits per heavy atom. The Morgan fingerprint density at radius 2 is 1.94 bits per heavy atom. The molecule has 104 valence electrons. The number of rotatable bonds is 2. The molecular formula is C12H22IN3O2. The van der Waals surface area contributed by atoms with Gasteiger partial charge in [-0.2, -0.15) is 0 Å². The van der Waals surface area contributed by atoms with Crippen molar-refractivity contribution in [2.24, 2.45) is 16.8 Å². The molecule has 2 bridgehead atoms. The quantitative estimate of drug-likeness (QED) is 0.418. The van der Waals surface area contributed by atoms with E-state index in [1.54, 1.807) is 7.05 Å². The fraction of sp³-hybridized carbons (Fsp3) is 0.917. The summed E-state index contributed by atoms with van der Waals surface area (Å²) in [4.78, 5) is 6.60. The molecule has 18 heavy (non-hydrogen) atoms. The summed E-state index contributed by atoms with van der Waals surface area (Å²) in [6.07, 6.45) is 3.46. The standard InChI is InChI=1S/C12H21N3O2.HI/c1-13-12(14-4-5-16)15-6-8-9(7-15)11-3-2-10(8)17-11;/h8-11,16H,2-7H2,1H3,(H,13,14);1H. The summed E-state index contributed by atoms with van der Waals surface area (Å²) < 4.78 is 5.96. The van der Waals surface area contributed by atoms with E-state index in [0.29, 0.717) is 30.6 Å². The van der Waals surface area contributed by atoms with Crippen molar-refractivity contribution in [3.05, 3.63) is 0 Å². The van der Waals surface area contributed by atoms with Crippen molar-refractivity contribution in [2.75, 3.05) is 33.3 Å². The number of ether oxygens (including phenoxy) is 1. The van der Waals surface area contributed by atoms with Crippen LogP contribution < -0.4 is 5.32 Å². The summed E-state index contributed by atoms with van der Waals surface area (Å²) in [7, 11) is 1.80. The van der Waals surface area contributed by atoms with Gasteiger partial charge in [0.1, 0.15) is 0 Å². The molecule has 0 aromatic heterocycles. The predicted octanol–water partition coefficient (Wildman–Crippen LogP) is 0.281. The Balaban J connectivity index is 0.00000120. The molecule has 0 spiro atoms. The summed E-state index contributed by atoms with van der Waals surface area (Å²) in [6.45, 7) is 2.82. The lowest BCUT2D eigenvalue weighted by Crippen LogP contribution is -2.42. The van der Waals surface area contributed by atoms with Gasteiger partial charge in [-0.05, 0) is 12.8 Å². The third-order valence-electron chi connectivity index (χ3n) is 4.36. The van der Waals surface area contributed by atoms with E-state index < -0.39 is 0 Å². The van der Waals surface area contributed by atoms with Crippen molar-refractivity contribution in [2.45, 2.75) is 25.0 Å². The fourth-order valence-electron chi connectivity index (χ4n) is 3.63. The molecule has 3 saturated heterocycles. The first-order valence-corrected chi connectivity index (χ1v) is 6.55. The smallest absolute Gasteiger partial charge is 0.193 e. The molecule has 3 rings (SSSR count). The zero-order valence-electron chi connectivity index (χ0n) is 10.7. The molecule has 3 aliphatic rings. The van der Waals surface area contributed by atoms with Gasteiger partial charge in [0, 0.05) is 38.5 Å². The van der Waals surface area contributed by atoms with Crippen molar-refractivity contribution in [3.8, 4) is 0 Å². The Bertz CT molecular complexity index is 308. The van der Waals surface area contributed by atoms with Crippen LogP contribution in [0.4, 0.5) is 0 Å². The zero-order valence-corrected chi connectivity index (χ0v) is 13.0. The van der Waals surface area contributed by atoms with Crippen LogP contribution in [-0.4, -0.2) is 61.5 Å². The van der Waals surface area contributed by atoms with Crippen LogP contribution in [0.25, 0.3) is 0 Å². The number of hydrogen-bond acceptors (Lipinski definition) is 3. The SMILES string of the molecule is CN=C(NCCO)N1CC2C3CCC(O3)C2C1.I. The molecular weight excluding hydrogens is 345 g/mol. The number of nitrogens with one attached hydrogen (secondary N) is 1. The monoisotopic (exact) mass is 367 g/mol. The van der Waals surface area contributed by atoms with Gasteiger partial charge in [0.15, 0.2) is 5.96 Å². The predicted molar refractivity (Wildman–Crippen MR) is 80.3 cm³/mol. The van der Waals surface area contributed by atoms with E-state index in [0.717, 1.165) is 19.0 Å². The largest absolute Gasteiger partial charge is 0.395 e. The van der Waals surface area contributed by atoms with Gasteiger partial charge in [0.25, 0.3) is 0 Å². The van der Waals surface area contributed by atoms with Crippen molar-refractivity contribution >= 4 is 29.9 Å². The minimum atomic E-state index is 0. The number of nitrogens with zero attached hydrogens (tertiary/aromatic N) is 2. The second kappa shape index (κ2) is 5.92. The Kier molecular flexibility index (Phi) is 4.71. The van der Waals surface area contributed by atoms with Crippen molar-refractivity contribution in [1.29, 1.82) is 0 Å². The molecule has 0 aromatic rings. The lowest BCUT2D eigenvalue weighted by molar-refractivity contribution is 0.0767. The number of hydrogen-bond donors (Lipinski definition) is 2. The van der Waals surface area contributed by atoms with E-state index in [4.69, 9.17) is 9.84 Å². The molecule has 3 aliphatic heterocycles. The Hall–Kier alpha value is -0.0800. The molecule has 6 heteroatoms. The lowest BCUT2D eigenvalue weighted by Gasteiger charge is -2.23. The molecule has 5 nitrogen and oxygen atoms in total. The number of aliphatic hydroxyl groups excluding tert-OH is 1. The van der Waals surface area contributed by atoms with Crippen LogP contribution in [0.1, 0.15) is 12.8 Å². The maximum Gasteiger partial charge on any atom is 0.193 e. The van der Waals surface area contributed by atoms with Crippen LogP contribution in [0.5, 0.6) is 0 Å². The highest BCUT2D eigenvalue weighted by Gasteiger charge is 2.53. The highest BCUT2D eigenvalue weighted by atomic mass is 127. The topological polar surface area (TPSA) is 57.1 Å². The lowest BCUT2D eigenvalue weighted by atomic mass is 9.82. The van der Waals surface area contributed by atoms with E-state index in [-0.39, 0.29) is 30.6 Å². The summed E-state index contributed by atoms with van der Waals surface area (Å²) in [5.74, 6) is 2.32. The van der Waals surface area contributed by atoms with Crippen molar-refractivity contribution < 1.29 is 9.84 Å². The first-order chi connectivity index (χ1) is 8.33. The maximum atomic E-state index is 8.85. The molecule has 4 unspecified atom stereocenters. The summed E-state index contributed by atoms with van der Waals surface area (Å²) in [6, 6.07) is 0. The third kappa shape index (κ3) is 2.34. The van der Waals surface area contributed by atoms with Crippen LogP contribution in [0.15, 0.2) is 4.99 Å². The number of halogens is 1. The second-order valence-electron chi connectivity index (χ2n) is 5.22. The molecule has 4 atom stereocenters. The minimum absolute atomic E-state index is 0. The van der Waals surface area contributed by atoms with E-state index in [9.17, 15) is 0 Å². The average Bonchev–Trinajstić information content (AvgIpc) is 3.01. The van der Waals surface area contributed by atoms with Crippen LogP contribution >= 0.6 is 24.0 Å². The van der Waals surface area contributed by atoms with E-state index in [2.05, 4.69) is 15.2 Å². The number of fused-ring (bicyclic) bond motifs is 5. The van der Waals surface area contributed by atoms with Gasteiger partial charge in [-0.1, -0.05) is 0 Å². The van der Waals surface area contributed by atoms with Crippen molar-refractivity contribution in [3.63, 3.8) is 0 Å². The Morgan fingerprint density at radius 3 is 2.44 bits per heavy atom. The first-order valence-electron chi connectivity index (χ1n) is 6.55. The molecule has 0 amide bonds. The van der Waals surface area contributed by atoms with Gasteiger partial charge in [-0.3, -0.25) is 4.99 Å². The van der Waals surface area contributed by atoms with Gasteiger partial charge in [-0.25, -0.2) is 0 Å². The number of likely N-dealkylation sites (tertiary alicyclic amines) is 1. The van der Waals surface area contributed by atoms with E-state index in [1.807, 2.05) is 0 Å². The molecule has 3 fully saturated rings. The van der Waals surface area contributed by atoms with Crippen LogP contribution in [0, 0.1) is 11.8 Å². The second-order valence-corrected chi connectivity index (χ2v) is 5.22. The van der Waals surface area contributed by atoms with Gasteiger partial charge in [0.2, 0.25) is 0 Å². The molecule has 0 aromatic carbocycles. The highest BCUT2D eigenvalue weighted by Crippen LogP contribution is 2.47. The van der Waals surface area contributed by atoms with E-state index in [1.165, 1.54) is 12.8 Å². The molecule has 0 aliphatic carbocycles. The van der Waals surface area contributed by atoms with Gasteiger partial charge >= 0.3 is 0 Å². The fourth-order valence-corrected chi connectivity index (χ4v) is 3.63. The number of guanidine groups is 1. The molecule has 3 heterocycles. The first kappa shape index (κ1) is 14.3. The molecule has 2 N–H and O–H groups in total. The highest BCUT2D eigenvalue weighted by molar-refractivity contribution is 14.0. The normalized spacial score (nSPS) is 37.7. The van der Waals surface area contributed by atoms with Gasteiger partial charge < -0.3 is 20.1 Å². The van der Waals surface area contributed by atoms with E-state index >= 15 is 0 Å². The number of aliphatic imine (C=N–C) groups is 1.